The van der Waals surface area contributed by atoms with Crippen LogP contribution in [0.4, 0.5) is 8.78 Å². The summed E-state index contributed by atoms with van der Waals surface area (Å²) in [6, 6.07) is 9.59. The van der Waals surface area contributed by atoms with E-state index in [0.29, 0.717) is 5.56 Å². The second kappa shape index (κ2) is 7.15. The number of hydrogen-bond acceptors (Lipinski definition) is 2. The van der Waals surface area contributed by atoms with Crippen molar-refractivity contribution in [1.82, 2.24) is 5.32 Å². The van der Waals surface area contributed by atoms with Crippen molar-refractivity contribution < 1.29 is 18.7 Å². The summed E-state index contributed by atoms with van der Waals surface area (Å²) in [6.07, 6.45) is -0.918. The molecule has 0 spiro atoms. The molecule has 0 unspecified atom stereocenters. The number of benzene rings is 2. The van der Waals surface area contributed by atoms with E-state index in [-0.39, 0.29) is 0 Å². The summed E-state index contributed by atoms with van der Waals surface area (Å²) >= 11 is 2.13. The van der Waals surface area contributed by atoms with Crippen LogP contribution in [-0.2, 0) is 0 Å². The van der Waals surface area contributed by atoms with Crippen LogP contribution < -0.4 is 5.32 Å². The molecule has 0 bridgehead atoms. The Balaban J connectivity index is 2.28. The number of nitrogens with one attached hydrogen (secondary N) is 1. The third kappa shape index (κ3) is 3.80. The van der Waals surface area contributed by atoms with Crippen molar-refractivity contribution in [3.63, 3.8) is 0 Å². The van der Waals surface area contributed by atoms with Crippen LogP contribution in [0.25, 0.3) is 0 Å². The summed E-state index contributed by atoms with van der Waals surface area (Å²) < 4.78 is 28.3. The number of carbonyl (C=O) groups excluding carboxylic acids is 1. The van der Waals surface area contributed by atoms with Gasteiger partial charge in [0.15, 0.2) is 0 Å². The molecule has 0 heterocycles. The van der Waals surface area contributed by atoms with E-state index in [1.807, 2.05) is 12.1 Å². The summed E-state index contributed by atoms with van der Waals surface area (Å²) in [5.74, 6) is -2.78. The largest absolute Gasteiger partial charge is 0.391 e. The van der Waals surface area contributed by atoms with Crippen LogP contribution in [0.15, 0.2) is 42.5 Å². The molecule has 2 atom stereocenters. The number of aliphatic hydroxyl groups is 1. The summed E-state index contributed by atoms with van der Waals surface area (Å²) in [4.78, 5) is 12.1. The Kier molecular flexibility index (Phi) is 5.47. The highest BCUT2D eigenvalue weighted by Crippen LogP contribution is 2.20. The van der Waals surface area contributed by atoms with E-state index in [4.69, 9.17) is 0 Å². The second-order valence-corrected chi connectivity index (χ2v) is 6.09. The van der Waals surface area contributed by atoms with Crippen molar-refractivity contribution in [2.24, 2.45) is 0 Å². The van der Waals surface area contributed by atoms with Crippen LogP contribution in [-0.4, -0.2) is 17.1 Å². The summed E-state index contributed by atoms with van der Waals surface area (Å²) in [7, 11) is 0. The average Bonchev–Trinajstić information content (AvgIpc) is 2.45. The number of rotatable bonds is 4. The molecule has 2 rings (SSSR count). The van der Waals surface area contributed by atoms with Gasteiger partial charge in [-0.25, -0.2) is 8.78 Å². The number of aliphatic hydroxyl groups excluding tert-OH is 1. The first-order valence-corrected chi connectivity index (χ1v) is 7.66. The van der Waals surface area contributed by atoms with Crippen LogP contribution >= 0.6 is 22.6 Å². The molecular formula is C16H14F2INO2. The van der Waals surface area contributed by atoms with E-state index in [9.17, 15) is 18.7 Å². The Morgan fingerprint density at radius 3 is 2.18 bits per heavy atom. The molecule has 3 nitrogen and oxygen atoms in total. The molecule has 2 N–H and O–H groups in total. The van der Waals surface area contributed by atoms with Crippen LogP contribution in [0, 0.1) is 15.2 Å². The normalized spacial score (nSPS) is 13.5. The van der Waals surface area contributed by atoms with Gasteiger partial charge in [0.25, 0.3) is 5.91 Å². The minimum absolute atomic E-state index is 0.653. The van der Waals surface area contributed by atoms with Gasteiger partial charge in [-0.15, -0.1) is 0 Å². The fraction of sp³-hybridized carbons (Fsp3) is 0.188. The zero-order valence-corrected chi connectivity index (χ0v) is 13.8. The smallest absolute Gasteiger partial charge is 0.257 e. The highest BCUT2D eigenvalue weighted by Gasteiger charge is 2.24. The molecule has 2 aromatic rings. The maximum absolute atomic E-state index is 13.6. The number of halogens is 3. The Bertz CT molecular complexity index is 654. The lowest BCUT2D eigenvalue weighted by molar-refractivity contribution is 0.0850. The minimum atomic E-state index is -0.940. The average molecular weight is 417 g/mol. The van der Waals surface area contributed by atoms with Gasteiger partial charge in [0.05, 0.1) is 12.1 Å². The maximum Gasteiger partial charge on any atom is 0.257 e. The Hall–Kier alpha value is -1.54. The molecule has 0 aromatic heterocycles. The third-order valence-electron chi connectivity index (χ3n) is 3.19. The monoisotopic (exact) mass is 417 g/mol. The first-order valence-electron chi connectivity index (χ1n) is 6.58. The number of hydrogen-bond donors (Lipinski definition) is 2. The van der Waals surface area contributed by atoms with Gasteiger partial charge in [0.1, 0.15) is 17.2 Å². The quantitative estimate of drug-likeness (QED) is 0.750. The number of carbonyl (C=O) groups is 1. The highest BCUT2D eigenvalue weighted by molar-refractivity contribution is 14.1. The first kappa shape index (κ1) is 16.8. The van der Waals surface area contributed by atoms with Crippen molar-refractivity contribution in [3.8, 4) is 0 Å². The molecule has 0 aliphatic rings. The van der Waals surface area contributed by atoms with E-state index < -0.39 is 35.3 Å². The van der Waals surface area contributed by atoms with Crippen molar-refractivity contribution in [3.05, 3.63) is 68.8 Å². The maximum atomic E-state index is 13.6. The summed E-state index contributed by atoms with van der Waals surface area (Å²) in [6.45, 7) is 1.50. The van der Waals surface area contributed by atoms with Gasteiger partial charge in [0.2, 0.25) is 0 Å². The van der Waals surface area contributed by atoms with Crippen molar-refractivity contribution in [2.45, 2.75) is 19.1 Å². The van der Waals surface area contributed by atoms with Crippen LogP contribution in [0.2, 0.25) is 0 Å². The molecule has 116 valence electrons. The summed E-state index contributed by atoms with van der Waals surface area (Å²) in [5.41, 5.74) is -0.000764. The molecular weight excluding hydrogens is 403 g/mol. The molecule has 6 heteroatoms. The van der Waals surface area contributed by atoms with Gasteiger partial charge < -0.3 is 10.4 Å². The first-order chi connectivity index (χ1) is 10.4. The van der Waals surface area contributed by atoms with Gasteiger partial charge >= 0.3 is 0 Å². The van der Waals surface area contributed by atoms with Crippen molar-refractivity contribution >= 4 is 28.5 Å². The Labute approximate surface area is 140 Å². The molecule has 2 aromatic carbocycles. The van der Waals surface area contributed by atoms with Crippen molar-refractivity contribution in [2.75, 3.05) is 0 Å². The zero-order valence-electron chi connectivity index (χ0n) is 11.7. The SMILES string of the molecule is C[C@@H](O)[C@H](NC(=O)c1c(F)cccc1F)c1ccc(I)cc1. The van der Waals surface area contributed by atoms with E-state index in [0.717, 1.165) is 15.7 Å². The minimum Gasteiger partial charge on any atom is -0.391 e. The molecule has 1 amide bonds. The van der Waals surface area contributed by atoms with Crippen molar-refractivity contribution in [1.29, 1.82) is 0 Å². The van der Waals surface area contributed by atoms with Gasteiger partial charge in [-0.2, -0.15) is 0 Å². The predicted octanol–water partition coefficient (Wildman–Crippen LogP) is 3.42. The number of amides is 1. The van der Waals surface area contributed by atoms with E-state index in [2.05, 4.69) is 27.9 Å². The fourth-order valence-corrected chi connectivity index (χ4v) is 2.44. The van der Waals surface area contributed by atoms with Crippen LogP contribution in [0.1, 0.15) is 28.9 Å². The standard InChI is InChI=1S/C16H14F2INO2/c1-9(21)15(10-5-7-11(19)8-6-10)20-16(22)14-12(17)3-2-4-13(14)18/h2-9,15,21H,1H3,(H,20,22)/t9-,15+/m1/s1. The Morgan fingerprint density at radius 2 is 1.68 bits per heavy atom. The predicted molar refractivity (Wildman–Crippen MR) is 87.4 cm³/mol. The topological polar surface area (TPSA) is 49.3 Å². The van der Waals surface area contributed by atoms with Gasteiger partial charge in [-0.1, -0.05) is 18.2 Å². The molecule has 0 saturated carbocycles. The summed E-state index contributed by atoms with van der Waals surface area (Å²) in [5, 5.41) is 12.3. The molecule has 22 heavy (non-hydrogen) atoms. The lowest BCUT2D eigenvalue weighted by Crippen LogP contribution is -2.36. The Morgan fingerprint density at radius 1 is 1.14 bits per heavy atom. The molecule has 0 radical (unpaired) electrons. The lowest BCUT2D eigenvalue weighted by atomic mass is 10.0. The fourth-order valence-electron chi connectivity index (χ4n) is 2.08. The van der Waals surface area contributed by atoms with Gasteiger partial charge in [0, 0.05) is 3.57 Å². The highest BCUT2D eigenvalue weighted by atomic mass is 127. The van der Waals surface area contributed by atoms with Crippen LogP contribution in [0.3, 0.4) is 0 Å². The molecule has 0 aliphatic heterocycles. The van der Waals surface area contributed by atoms with E-state index in [1.54, 1.807) is 12.1 Å². The zero-order chi connectivity index (χ0) is 16.3. The third-order valence-corrected chi connectivity index (χ3v) is 3.91. The lowest BCUT2D eigenvalue weighted by Gasteiger charge is -2.22. The van der Waals surface area contributed by atoms with E-state index >= 15 is 0 Å². The van der Waals surface area contributed by atoms with Crippen LogP contribution in [0.5, 0.6) is 0 Å². The van der Waals surface area contributed by atoms with Gasteiger partial charge in [-0.05, 0) is 59.3 Å². The second-order valence-electron chi connectivity index (χ2n) is 4.84. The molecule has 0 aliphatic carbocycles. The van der Waals surface area contributed by atoms with Gasteiger partial charge in [-0.3, -0.25) is 4.79 Å². The molecule has 0 saturated heterocycles. The molecule has 0 fully saturated rings. The van der Waals surface area contributed by atoms with E-state index in [1.165, 1.54) is 13.0 Å².